The summed E-state index contributed by atoms with van der Waals surface area (Å²) in [6.07, 6.45) is 2.31. The van der Waals surface area contributed by atoms with Crippen LogP contribution in [0.15, 0.2) is 34.9 Å². The van der Waals surface area contributed by atoms with Crippen molar-refractivity contribution in [3.63, 3.8) is 0 Å². The van der Waals surface area contributed by atoms with Crippen molar-refractivity contribution in [3.8, 4) is 0 Å². The topological polar surface area (TPSA) is 33.9 Å². The van der Waals surface area contributed by atoms with Gasteiger partial charge in [0.1, 0.15) is 11.6 Å². The Morgan fingerprint density at radius 2 is 2.30 bits per heavy atom. The minimum absolute atomic E-state index is 0.0444. The van der Waals surface area contributed by atoms with Crippen LogP contribution in [0.5, 0.6) is 0 Å². The van der Waals surface area contributed by atoms with Crippen molar-refractivity contribution < 1.29 is 8.81 Å². The van der Waals surface area contributed by atoms with E-state index >= 15 is 0 Å². The zero-order valence-electron chi connectivity index (χ0n) is 10.7. The molecule has 0 bridgehead atoms. The van der Waals surface area contributed by atoms with E-state index < -0.39 is 5.82 Å². The largest absolute Gasteiger partial charge is 0.469 e. The average molecular weight is 311 g/mol. The molecular weight excluding hydrogens is 299 g/mol. The lowest BCUT2D eigenvalue weighted by molar-refractivity contribution is 0.451. The van der Waals surface area contributed by atoms with Crippen LogP contribution in [0.3, 0.4) is 0 Å². The standard InChI is InChI=1S/C14H12ClFN2OS/c1-8(5-9-3-2-4-19-9)18-13-7-11(16)10(15)6-12(13)17-14(18)20/h2-4,6-8H,5H2,1H3,(H,17,20). The Kier molecular flexibility index (Phi) is 3.40. The Bertz CT molecular complexity index is 807. The fraction of sp³-hybridized carbons (Fsp3) is 0.214. The summed E-state index contributed by atoms with van der Waals surface area (Å²) in [5.74, 6) is 0.412. The maximum atomic E-state index is 13.7. The number of furan rings is 1. The predicted molar refractivity (Wildman–Crippen MR) is 79.2 cm³/mol. The first-order chi connectivity index (χ1) is 9.56. The van der Waals surface area contributed by atoms with Gasteiger partial charge in [-0.2, -0.15) is 0 Å². The molecule has 104 valence electrons. The Morgan fingerprint density at radius 3 is 3.00 bits per heavy atom. The van der Waals surface area contributed by atoms with Gasteiger partial charge in [0.2, 0.25) is 0 Å². The highest BCUT2D eigenvalue weighted by atomic mass is 35.5. The second-order valence-electron chi connectivity index (χ2n) is 4.72. The zero-order chi connectivity index (χ0) is 14.3. The number of aromatic amines is 1. The molecule has 0 spiro atoms. The average Bonchev–Trinajstić information content (AvgIpc) is 2.97. The van der Waals surface area contributed by atoms with Crippen LogP contribution in [0.2, 0.25) is 5.02 Å². The molecule has 0 fully saturated rings. The highest BCUT2D eigenvalue weighted by Crippen LogP contribution is 2.26. The Balaban J connectivity index is 2.08. The smallest absolute Gasteiger partial charge is 0.178 e. The van der Waals surface area contributed by atoms with Gasteiger partial charge < -0.3 is 14.0 Å². The van der Waals surface area contributed by atoms with Crippen molar-refractivity contribution in [2.75, 3.05) is 0 Å². The number of hydrogen-bond acceptors (Lipinski definition) is 2. The molecule has 0 aliphatic rings. The molecule has 3 aromatic rings. The normalized spacial score (nSPS) is 12.9. The van der Waals surface area contributed by atoms with Gasteiger partial charge in [-0.1, -0.05) is 11.6 Å². The molecule has 0 amide bonds. The minimum Gasteiger partial charge on any atom is -0.469 e. The van der Waals surface area contributed by atoms with Gasteiger partial charge in [-0.3, -0.25) is 0 Å². The molecular formula is C14H12ClFN2OS. The third-order valence-electron chi connectivity index (χ3n) is 3.28. The molecule has 1 unspecified atom stereocenters. The summed E-state index contributed by atoms with van der Waals surface area (Å²) in [6.45, 7) is 2.01. The third-order valence-corrected chi connectivity index (χ3v) is 3.86. The van der Waals surface area contributed by atoms with Crippen LogP contribution >= 0.6 is 23.8 Å². The maximum absolute atomic E-state index is 13.7. The van der Waals surface area contributed by atoms with Crippen LogP contribution in [-0.4, -0.2) is 9.55 Å². The summed E-state index contributed by atoms with van der Waals surface area (Å²) in [6, 6.07) is 6.76. The molecule has 0 radical (unpaired) electrons. The summed E-state index contributed by atoms with van der Waals surface area (Å²) in [5.41, 5.74) is 1.43. The number of nitrogens with zero attached hydrogens (tertiary/aromatic N) is 1. The first-order valence-corrected chi connectivity index (χ1v) is 6.96. The molecule has 0 aliphatic carbocycles. The molecule has 0 aliphatic heterocycles. The second kappa shape index (κ2) is 5.07. The molecule has 20 heavy (non-hydrogen) atoms. The van der Waals surface area contributed by atoms with Gasteiger partial charge in [-0.05, 0) is 37.3 Å². The number of aromatic nitrogens is 2. The van der Waals surface area contributed by atoms with Crippen LogP contribution in [0.25, 0.3) is 11.0 Å². The number of halogens is 2. The van der Waals surface area contributed by atoms with Crippen LogP contribution in [-0.2, 0) is 6.42 Å². The van der Waals surface area contributed by atoms with Crippen molar-refractivity contribution in [2.45, 2.75) is 19.4 Å². The quantitative estimate of drug-likeness (QED) is 0.699. The van der Waals surface area contributed by atoms with Crippen LogP contribution in [0.1, 0.15) is 18.7 Å². The first kappa shape index (κ1) is 13.4. The van der Waals surface area contributed by atoms with E-state index in [2.05, 4.69) is 4.98 Å². The van der Waals surface area contributed by atoms with E-state index in [0.717, 1.165) is 11.3 Å². The molecule has 1 atom stereocenters. The van der Waals surface area contributed by atoms with Crippen molar-refractivity contribution in [3.05, 3.63) is 51.9 Å². The lowest BCUT2D eigenvalue weighted by Crippen LogP contribution is -2.08. The van der Waals surface area contributed by atoms with Gasteiger partial charge in [0.05, 0.1) is 22.3 Å². The second-order valence-corrected chi connectivity index (χ2v) is 5.51. The van der Waals surface area contributed by atoms with E-state index in [0.29, 0.717) is 16.7 Å². The van der Waals surface area contributed by atoms with Gasteiger partial charge in [-0.15, -0.1) is 0 Å². The van der Waals surface area contributed by atoms with Gasteiger partial charge in [0.15, 0.2) is 4.77 Å². The molecule has 0 saturated heterocycles. The van der Waals surface area contributed by atoms with E-state index in [1.54, 1.807) is 12.3 Å². The van der Waals surface area contributed by atoms with E-state index in [1.165, 1.54) is 6.07 Å². The third kappa shape index (κ3) is 2.27. The molecule has 3 rings (SSSR count). The van der Waals surface area contributed by atoms with Gasteiger partial charge in [0, 0.05) is 18.5 Å². The van der Waals surface area contributed by atoms with Gasteiger partial charge in [-0.25, -0.2) is 4.39 Å². The minimum atomic E-state index is -0.452. The predicted octanol–water partition coefficient (Wildman–Crippen LogP) is 4.89. The zero-order valence-corrected chi connectivity index (χ0v) is 12.3. The summed E-state index contributed by atoms with van der Waals surface area (Å²) >= 11 is 11.1. The molecule has 0 saturated carbocycles. The molecule has 1 aromatic carbocycles. The van der Waals surface area contributed by atoms with Crippen LogP contribution < -0.4 is 0 Å². The summed E-state index contributed by atoms with van der Waals surface area (Å²) in [5, 5.41) is 0.0830. The summed E-state index contributed by atoms with van der Waals surface area (Å²) in [4.78, 5) is 3.05. The molecule has 2 aromatic heterocycles. The lowest BCUT2D eigenvalue weighted by Gasteiger charge is -2.13. The Hall–Kier alpha value is -1.59. The number of fused-ring (bicyclic) bond motifs is 1. The van der Waals surface area contributed by atoms with E-state index in [4.69, 9.17) is 28.2 Å². The van der Waals surface area contributed by atoms with Crippen molar-refractivity contribution in [1.29, 1.82) is 0 Å². The summed E-state index contributed by atoms with van der Waals surface area (Å²) in [7, 11) is 0. The Labute approximate surface area is 125 Å². The number of nitrogens with one attached hydrogen (secondary N) is 1. The fourth-order valence-electron chi connectivity index (χ4n) is 2.37. The van der Waals surface area contributed by atoms with E-state index in [9.17, 15) is 4.39 Å². The number of rotatable bonds is 3. The SMILES string of the molecule is CC(Cc1ccco1)n1c(=S)[nH]c2cc(Cl)c(F)cc21. The number of imidazole rings is 1. The number of hydrogen-bond donors (Lipinski definition) is 1. The molecule has 2 heterocycles. The highest BCUT2D eigenvalue weighted by Gasteiger charge is 2.15. The number of H-pyrrole nitrogens is 1. The van der Waals surface area contributed by atoms with E-state index in [-0.39, 0.29) is 11.1 Å². The van der Waals surface area contributed by atoms with E-state index in [1.807, 2.05) is 23.6 Å². The van der Waals surface area contributed by atoms with Gasteiger partial charge >= 0.3 is 0 Å². The maximum Gasteiger partial charge on any atom is 0.178 e. The van der Waals surface area contributed by atoms with Crippen LogP contribution in [0, 0.1) is 10.6 Å². The molecule has 3 nitrogen and oxygen atoms in total. The van der Waals surface area contributed by atoms with Crippen molar-refractivity contribution in [2.24, 2.45) is 0 Å². The summed E-state index contributed by atoms with van der Waals surface area (Å²) < 4.78 is 21.4. The van der Waals surface area contributed by atoms with Crippen molar-refractivity contribution >= 4 is 34.9 Å². The first-order valence-electron chi connectivity index (χ1n) is 6.18. The van der Waals surface area contributed by atoms with Crippen LogP contribution in [0.4, 0.5) is 4.39 Å². The number of benzene rings is 1. The lowest BCUT2D eigenvalue weighted by atomic mass is 10.2. The van der Waals surface area contributed by atoms with Gasteiger partial charge in [0.25, 0.3) is 0 Å². The van der Waals surface area contributed by atoms with Crippen molar-refractivity contribution in [1.82, 2.24) is 9.55 Å². The monoisotopic (exact) mass is 310 g/mol. The fourth-order valence-corrected chi connectivity index (χ4v) is 2.92. The Morgan fingerprint density at radius 1 is 1.50 bits per heavy atom. The molecule has 6 heteroatoms. The molecule has 1 N–H and O–H groups in total. The highest BCUT2D eigenvalue weighted by molar-refractivity contribution is 7.71.